The minimum Gasteiger partial charge on any atom is -0.333 e. The van der Waals surface area contributed by atoms with Crippen LogP contribution in [0.25, 0.3) is 0 Å². The highest BCUT2D eigenvalue weighted by Gasteiger charge is 2.64. The van der Waals surface area contributed by atoms with Crippen molar-refractivity contribution in [2.45, 2.75) is 11.6 Å². The van der Waals surface area contributed by atoms with E-state index in [-0.39, 0.29) is 17.9 Å². The molecule has 3 aromatic rings. The Hall–Kier alpha value is -3.40. The number of hydrogen-bond donors (Lipinski definition) is 0. The van der Waals surface area contributed by atoms with E-state index in [0.29, 0.717) is 5.56 Å². The van der Waals surface area contributed by atoms with Crippen LogP contribution in [-0.2, 0) is 10.3 Å². The molecule has 0 aliphatic carbocycles. The van der Waals surface area contributed by atoms with Crippen LogP contribution in [0.3, 0.4) is 0 Å². The van der Waals surface area contributed by atoms with Gasteiger partial charge in [0.1, 0.15) is 0 Å². The maximum absolute atomic E-state index is 13.4. The molecule has 0 spiro atoms. The first-order valence-corrected chi connectivity index (χ1v) is 9.29. The normalized spacial score (nSPS) is 21.1. The van der Waals surface area contributed by atoms with Crippen LogP contribution < -0.4 is 0 Å². The van der Waals surface area contributed by atoms with Crippen molar-refractivity contribution < 1.29 is 9.59 Å². The fourth-order valence-corrected chi connectivity index (χ4v) is 4.25. The number of likely N-dealkylation sites (tertiary alicyclic amines) is 1. The standard InChI is InChI=1S/C24H22N2O2/c1-25-21(18-12-6-3-7-13-18)24(23(25)28,20-16-10-5-11-17-20)26(2)22(27)19-14-8-4-9-15-19/h3-17,21H,1-2H3. The Labute approximate surface area is 165 Å². The number of rotatable bonds is 4. The Balaban J connectivity index is 1.88. The molecule has 2 atom stereocenters. The highest BCUT2D eigenvalue weighted by Crippen LogP contribution is 2.52. The number of hydrogen-bond acceptors (Lipinski definition) is 2. The zero-order chi connectivity index (χ0) is 19.7. The summed E-state index contributed by atoms with van der Waals surface area (Å²) in [4.78, 5) is 30.0. The van der Waals surface area contributed by atoms with Gasteiger partial charge in [-0.25, -0.2) is 0 Å². The van der Waals surface area contributed by atoms with E-state index >= 15 is 0 Å². The van der Waals surface area contributed by atoms with Gasteiger partial charge in [-0.15, -0.1) is 0 Å². The number of amides is 2. The molecule has 1 saturated heterocycles. The summed E-state index contributed by atoms with van der Waals surface area (Å²) >= 11 is 0. The minimum atomic E-state index is -1.08. The number of carbonyl (C=O) groups is 2. The molecule has 0 N–H and O–H groups in total. The summed E-state index contributed by atoms with van der Waals surface area (Å²) < 4.78 is 0. The lowest BCUT2D eigenvalue weighted by Crippen LogP contribution is -2.72. The van der Waals surface area contributed by atoms with Crippen molar-refractivity contribution in [2.75, 3.05) is 14.1 Å². The fourth-order valence-electron chi connectivity index (χ4n) is 4.25. The zero-order valence-corrected chi connectivity index (χ0v) is 15.9. The molecule has 4 rings (SSSR count). The van der Waals surface area contributed by atoms with E-state index in [9.17, 15) is 9.59 Å². The van der Waals surface area contributed by atoms with Gasteiger partial charge >= 0.3 is 0 Å². The molecule has 1 heterocycles. The second kappa shape index (κ2) is 6.97. The van der Waals surface area contributed by atoms with Gasteiger partial charge in [-0.1, -0.05) is 78.9 Å². The first-order chi connectivity index (χ1) is 13.6. The highest BCUT2D eigenvalue weighted by molar-refractivity contribution is 6.03. The van der Waals surface area contributed by atoms with Crippen molar-refractivity contribution in [2.24, 2.45) is 0 Å². The summed E-state index contributed by atoms with van der Waals surface area (Å²) in [5, 5.41) is 0. The molecule has 28 heavy (non-hydrogen) atoms. The predicted molar refractivity (Wildman–Crippen MR) is 109 cm³/mol. The molecular formula is C24H22N2O2. The third kappa shape index (κ3) is 2.53. The molecule has 3 aromatic carbocycles. The smallest absolute Gasteiger partial charge is 0.256 e. The summed E-state index contributed by atoms with van der Waals surface area (Å²) in [7, 11) is 3.52. The second-order valence-corrected chi connectivity index (χ2v) is 7.09. The predicted octanol–water partition coefficient (Wildman–Crippen LogP) is 3.87. The van der Waals surface area contributed by atoms with Crippen LogP contribution in [0.1, 0.15) is 27.5 Å². The largest absolute Gasteiger partial charge is 0.333 e. The fraction of sp³-hybridized carbons (Fsp3) is 0.167. The van der Waals surface area contributed by atoms with E-state index < -0.39 is 5.54 Å². The van der Waals surface area contributed by atoms with Crippen LogP contribution in [0.2, 0.25) is 0 Å². The number of likely N-dealkylation sites (N-methyl/N-ethyl adjacent to an activating group) is 2. The van der Waals surface area contributed by atoms with Crippen LogP contribution in [0.4, 0.5) is 0 Å². The Morgan fingerprint density at radius 1 is 0.857 bits per heavy atom. The lowest BCUT2D eigenvalue weighted by atomic mass is 9.69. The second-order valence-electron chi connectivity index (χ2n) is 7.09. The maximum atomic E-state index is 13.4. The van der Waals surface area contributed by atoms with Gasteiger partial charge in [-0.2, -0.15) is 0 Å². The Bertz CT molecular complexity index is 989. The van der Waals surface area contributed by atoms with Crippen LogP contribution in [-0.4, -0.2) is 35.7 Å². The third-order valence-electron chi connectivity index (χ3n) is 5.61. The number of benzene rings is 3. The van der Waals surface area contributed by atoms with Crippen molar-refractivity contribution in [1.29, 1.82) is 0 Å². The van der Waals surface area contributed by atoms with Gasteiger partial charge in [0.2, 0.25) is 0 Å². The van der Waals surface area contributed by atoms with Crippen LogP contribution in [0.15, 0.2) is 91.0 Å². The third-order valence-corrected chi connectivity index (χ3v) is 5.61. The summed E-state index contributed by atoms with van der Waals surface area (Å²) in [6.07, 6.45) is 0. The van der Waals surface area contributed by atoms with Gasteiger partial charge in [0.15, 0.2) is 5.54 Å². The van der Waals surface area contributed by atoms with Crippen molar-refractivity contribution in [3.8, 4) is 0 Å². The molecule has 140 valence electrons. The Kier molecular flexibility index (Phi) is 4.47. The van der Waals surface area contributed by atoms with Crippen LogP contribution >= 0.6 is 0 Å². The van der Waals surface area contributed by atoms with E-state index in [1.54, 1.807) is 36.0 Å². The molecule has 0 aromatic heterocycles. The van der Waals surface area contributed by atoms with Crippen molar-refractivity contribution in [3.63, 3.8) is 0 Å². The Morgan fingerprint density at radius 2 is 1.36 bits per heavy atom. The molecule has 1 aliphatic heterocycles. The topological polar surface area (TPSA) is 40.6 Å². The highest BCUT2D eigenvalue weighted by atomic mass is 16.2. The number of carbonyl (C=O) groups excluding carboxylic acids is 2. The van der Waals surface area contributed by atoms with Gasteiger partial charge in [-0.05, 0) is 23.3 Å². The van der Waals surface area contributed by atoms with E-state index in [1.807, 2.05) is 78.9 Å². The maximum Gasteiger partial charge on any atom is 0.256 e. The molecule has 1 fully saturated rings. The van der Waals surface area contributed by atoms with Crippen LogP contribution in [0, 0.1) is 0 Å². The van der Waals surface area contributed by atoms with Gasteiger partial charge in [0.05, 0.1) is 6.04 Å². The molecule has 0 radical (unpaired) electrons. The molecule has 0 saturated carbocycles. The average molecular weight is 370 g/mol. The van der Waals surface area contributed by atoms with Crippen LogP contribution in [0.5, 0.6) is 0 Å². The summed E-state index contributed by atoms with van der Waals surface area (Å²) in [5.74, 6) is -0.258. The zero-order valence-electron chi connectivity index (χ0n) is 15.9. The number of β-lactam (4-membered cyclic amide) rings is 1. The SMILES string of the molecule is CN1C(=O)C(c2ccccc2)(N(C)C(=O)c2ccccc2)C1c1ccccc1. The minimum absolute atomic E-state index is 0.0839. The van der Waals surface area contributed by atoms with Gasteiger partial charge in [-0.3, -0.25) is 9.59 Å². The molecule has 4 nitrogen and oxygen atoms in total. The number of nitrogens with zero attached hydrogens (tertiary/aromatic N) is 2. The molecule has 2 amide bonds. The molecule has 4 heteroatoms. The summed E-state index contributed by atoms with van der Waals surface area (Å²) in [6.45, 7) is 0. The molecule has 1 aliphatic rings. The van der Waals surface area contributed by atoms with E-state index in [0.717, 1.165) is 11.1 Å². The first-order valence-electron chi connectivity index (χ1n) is 9.29. The van der Waals surface area contributed by atoms with E-state index in [1.165, 1.54) is 0 Å². The monoisotopic (exact) mass is 370 g/mol. The lowest BCUT2D eigenvalue weighted by Gasteiger charge is -2.58. The quantitative estimate of drug-likeness (QED) is 0.654. The molecule has 2 unspecified atom stereocenters. The van der Waals surface area contributed by atoms with Gasteiger partial charge in [0.25, 0.3) is 11.8 Å². The van der Waals surface area contributed by atoms with Gasteiger partial charge in [0, 0.05) is 19.7 Å². The summed E-state index contributed by atoms with van der Waals surface area (Å²) in [6, 6.07) is 28.3. The average Bonchev–Trinajstić information content (AvgIpc) is 2.77. The lowest BCUT2D eigenvalue weighted by molar-refractivity contribution is -0.172. The van der Waals surface area contributed by atoms with Crippen molar-refractivity contribution in [3.05, 3.63) is 108 Å². The van der Waals surface area contributed by atoms with Gasteiger partial charge < -0.3 is 9.80 Å². The molecular weight excluding hydrogens is 348 g/mol. The van der Waals surface area contributed by atoms with E-state index in [4.69, 9.17) is 0 Å². The van der Waals surface area contributed by atoms with Crippen molar-refractivity contribution in [1.82, 2.24) is 9.80 Å². The van der Waals surface area contributed by atoms with E-state index in [2.05, 4.69) is 0 Å². The molecule has 0 bridgehead atoms. The Morgan fingerprint density at radius 3 is 1.93 bits per heavy atom. The summed E-state index contributed by atoms with van der Waals surface area (Å²) in [5.41, 5.74) is 1.30. The van der Waals surface area contributed by atoms with Crippen molar-refractivity contribution >= 4 is 11.8 Å². The first kappa shape index (κ1) is 18.0.